The van der Waals surface area contributed by atoms with Crippen molar-refractivity contribution in [3.05, 3.63) is 47.2 Å². The molecule has 4 nitrogen and oxygen atoms in total. The third kappa shape index (κ3) is 8.61. The van der Waals surface area contributed by atoms with Gasteiger partial charge < -0.3 is 10.6 Å². The zero-order valence-corrected chi connectivity index (χ0v) is 18.9. The molecule has 1 saturated carbocycles. The molecule has 164 valence electrons. The van der Waals surface area contributed by atoms with Crippen LogP contribution in [0.2, 0.25) is 0 Å². The maximum Gasteiger partial charge on any atom is 0.263 e. The highest BCUT2D eigenvalue weighted by molar-refractivity contribution is 5.97. The minimum Gasteiger partial charge on any atom is -0.387 e. The average Bonchev–Trinajstić information content (AvgIpc) is 2.75. The standard InChI is InChI=1S/C26H39N3O/c1-3-22-15-17-23(18-16-22)21(2)29-26(30)24(19-27)20-28-25-13-11-9-7-5-4-6-8-10-12-14-25/h15-18,20-21,25,28H,3-14H2,1-2H3,(H,29,30)/b24-20-. The molecule has 0 aromatic heterocycles. The fourth-order valence-corrected chi connectivity index (χ4v) is 4.08. The number of nitrogens with zero attached hydrogens (tertiary/aromatic N) is 1. The second-order valence-corrected chi connectivity index (χ2v) is 8.58. The van der Waals surface area contributed by atoms with Crippen molar-refractivity contribution in [3.63, 3.8) is 0 Å². The van der Waals surface area contributed by atoms with Gasteiger partial charge in [0.1, 0.15) is 11.6 Å². The largest absolute Gasteiger partial charge is 0.387 e. The number of carbonyl (C=O) groups excluding carboxylic acids is 1. The van der Waals surface area contributed by atoms with Crippen molar-refractivity contribution in [1.29, 1.82) is 5.26 Å². The Bertz CT molecular complexity index is 690. The van der Waals surface area contributed by atoms with Crippen LogP contribution >= 0.6 is 0 Å². The fourth-order valence-electron chi connectivity index (χ4n) is 4.08. The van der Waals surface area contributed by atoms with Crippen LogP contribution in [-0.2, 0) is 11.2 Å². The Morgan fingerprint density at radius 2 is 1.57 bits per heavy atom. The normalized spacial score (nSPS) is 18.4. The summed E-state index contributed by atoms with van der Waals surface area (Å²) in [5.74, 6) is -0.315. The molecule has 1 aromatic carbocycles. The van der Waals surface area contributed by atoms with Gasteiger partial charge in [0.25, 0.3) is 5.91 Å². The van der Waals surface area contributed by atoms with E-state index in [1.165, 1.54) is 63.4 Å². The summed E-state index contributed by atoms with van der Waals surface area (Å²) in [5.41, 5.74) is 2.47. The molecule has 0 spiro atoms. The van der Waals surface area contributed by atoms with Crippen LogP contribution in [0.4, 0.5) is 0 Å². The van der Waals surface area contributed by atoms with Gasteiger partial charge in [0.05, 0.1) is 6.04 Å². The van der Waals surface area contributed by atoms with Crippen molar-refractivity contribution >= 4 is 5.91 Å². The molecule has 0 radical (unpaired) electrons. The van der Waals surface area contributed by atoms with Crippen LogP contribution < -0.4 is 10.6 Å². The highest BCUT2D eigenvalue weighted by Crippen LogP contribution is 2.18. The molecule has 0 bridgehead atoms. The van der Waals surface area contributed by atoms with Gasteiger partial charge >= 0.3 is 0 Å². The quantitative estimate of drug-likeness (QED) is 0.441. The molecular formula is C26H39N3O. The molecule has 1 aliphatic carbocycles. The molecule has 1 unspecified atom stereocenters. The molecule has 2 rings (SSSR count). The Labute approximate surface area is 183 Å². The van der Waals surface area contributed by atoms with Gasteiger partial charge in [-0.15, -0.1) is 0 Å². The van der Waals surface area contributed by atoms with Gasteiger partial charge in [-0.05, 0) is 37.3 Å². The molecular weight excluding hydrogens is 370 g/mol. The molecule has 30 heavy (non-hydrogen) atoms. The molecule has 1 aromatic rings. The molecule has 1 fully saturated rings. The van der Waals surface area contributed by atoms with Crippen LogP contribution in [0.1, 0.15) is 102 Å². The molecule has 4 heteroatoms. The Morgan fingerprint density at radius 3 is 2.07 bits per heavy atom. The molecule has 1 aliphatic rings. The third-order valence-electron chi connectivity index (χ3n) is 6.17. The van der Waals surface area contributed by atoms with Crippen LogP contribution in [0.25, 0.3) is 0 Å². The average molecular weight is 410 g/mol. The Kier molecular flexibility index (Phi) is 11.1. The van der Waals surface area contributed by atoms with Gasteiger partial charge in [0.2, 0.25) is 0 Å². The zero-order valence-electron chi connectivity index (χ0n) is 18.9. The monoisotopic (exact) mass is 409 g/mol. The van der Waals surface area contributed by atoms with E-state index in [2.05, 4.69) is 35.8 Å². The summed E-state index contributed by atoms with van der Waals surface area (Å²) >= 11 is 0. The second-order valence-electron chi connectivity index (χ2n) is 8.58. The minimum absolute atomic E-state index is 0.138. The smallest absolute Gasteiger partial charge is 0.263 e. The van der Waals surface area contributed by atoms with Gasteiger partial charge in [0.15, 0.2) is 0 Å². The number of nitriles is 1. The Morgan fingerprint density at radius 1 is 1.03 bits per heavy atom. The van der Waals surface area contributed by atoms with Crippen molar-refractivity contribution in [3.8, 4) is 6.07 Å². The predicted octanol–water partition coefficient (Wildman–Crippen LogP) is 6.10. The lowest BCUT2D eigenvalue weighted by atomic mass is 9.98. The summed E-state index contributed by atoms with van der Waals surface area (Å²) in [6, 6.07) is 10.5. The maximum atomic E-state index is 12.6. The second kappa shape index (κ2) is 13.9. The van der Waals surface area contributed by atoms with Crippen molar-refractivity contribution in [2.24, 2.45) is 0 Å². The Balaban J connectivity index is 1.91. The van der Waals surface area contributed by atoms with E-state index in [1.807, 2.05) is 19.1 Å². The first-order valence-corrected chi connectivity index (χ1v) is 11.9. The van der Waals surface area contributed by atoms with E-state index < -0.39 is 0 Å². The molecule has 2 N–H and O–H groups in total. The number of hydrogen-bond donors (Lipinski definition) is 2. The number of amides is 1. The van der Waals surface area contributed by atoms with E-state index in [9.17, 15) is 10.1 Å². The molecule has 0 heterocycles. The van der Waals surface area contributed by atoms with Gasteiger partial charge in [0, 0.05) is 12.2 Å². The Hall–Kier alpha value is -2.28. The summed E-state index contributed by atoms with van der Waals surface area (Å²) in [5, 5.41) is 15.9. The maximum absolute atomic E-state index is 12.6. The van der Waals surface area contributed by atoms with E-state index in [-0.39, 0.29) is 17.5 Å². The lowest BCUT2D eigenvalue weighted by molar-refractivity contribution is -0.117. The fraction of sp³-hybridized carbons (Fsp3) is 0.615. The van der Waals surface area contributed by atoms with Gasteiger partial charge in [-0.3, -0.25) is 4.79 Å². The van der Waals surface area contributed by atoms with Crippen LogP contribution in [-0.4, -0.2) is 11.9 Å². The number of carbonyl (C=O) groups is 1. The van der Waals surface area contributed by atoms with Gasteiger partial charge in [-0.25, -0.2) is 0 Å². The van der Waals surface area contributed by atoms with E-state index in [1.54, 1.807) is 6.20 Å². The summed E-state index contributed by atoms with van der Waals surface area (Å²) < 4.78 is 0. The topological polar surface area (TPSA) is 64.9 Å². The van der Waals surface area contributed by atoms with Crippen molar-refractivity contribution < 1.29 is 4.79 Å². The first-order valence-electron chi connectivity index (χ1n) is 11.9. The highest BCUT2D eigenvalue weighted by Gasteiger charge is 2.15. The van der Waals surface area contributed by atoms with Crippen molar-refractivity contribution in [2.75, 3.05) is 0 Å². The summed E-state index contributed by atoms with van der Waals surface area (Å²) in [6.07, 6.45) is 16.6. The van der Waals surface area contributed by atoms with E-state index >= 15 is 0 Å². The molecule has 1 amide bonds. The summed E-state index contributed by atoms with van der Waals surface area (Å²) in [6.45, 7) is 4.08. The van der Waals surface area contributed by atoms with Crippen LogP contribution in [0, 0.1) is 11.3 Å². The van der Waals surface area contributed by atoms with Crippen LogP contribution in [0.3, 0.4) is 0 Å². The van der Waals surface area contributed by atoms with Gasteiger partial charge in [-0.2, -0.15) is 5.26 Å². The summed E-state index contributed by atoms with van der Waals surface area (Å²) in [4.78, 5) is 12.6. The zero-order chi connectivity index (χ0) is 21.6. The lowest BCUT2D eigenvalue weighted by Crippen LogP contribution is -2.30. The lowest BCUT2D eigenvalue weighted by Gasteiger charge is -2.19. The number of benzene rings is 1. The number of nitrogens with one attached hydrogen (secondary N) is 2. The number of aryl methyl sites for hydroxylation is 1. The predicted molar refractivity (Wildman–Crippen MR) is 124 cm³/mol. The van der Waals surface area contributed by atoms with Crippen molar-refractivity contribution in [2.45, 2.75) is 103 Å². The van der Waals surface area contributed by atoms with Crippen LogP contribution in [0.15, 0.2) is 36.0 Å². The summed E-state index contributed by atoms with van der Waals surface area (Å²) in [7, 11) is 0. The molecule has 0 aliphatic heterocycles. The van der Waals surface area contributed by atoms with Gasteiger partial charge in [-0.1, -0.05) is 89.0 Å². The highest BCUT2D eigenvalue weighted by atomic mass is 16.1. The number of rotatable bonds is 6. The minimum atomic E-state index is -0.315. The van der Waals surface area contributed by atoms with Crippen molar-refractivity contribution in [1.82, 2.24) is 10.6 Å². The van der Waals surface area contributed by atoms with Crippen LogP contribution in [0.5, 0.6) is 0 Å². The SMILES string of the molecule is CCc1ccc(C(C)NC(=O)/C(C#N)=C\NC2CCCCCCCCCCC2)cc1. The third-order valence-corrected chi connectivity index (χ3v) is 6.17. The van der Waals surface area contributed by atoms with E-state index in [0.717, 1.165) is 24.8 Å². The first-order chi connectivity index (χ1) is 14.6. The van der Waals surface area contributed by atoms with E-state index in [4.69, 9.17) is 0 Å². The molecule has 0 saturated heterocycles. The number of hydrogen-bond acceptors (Lipinski definition) is 3. The molecule has 1 atom stereocenters. The first kappa shape index (κ1) is 24.0. The van der Waals surface area contributed by atoms with E-state index in [0.29, 0.717) is 6.04 Å².